The summed E-state index contributed by atoms with van der Waals surface area (Å²) in [5, 5.41) is 6.75. The van der Waals surface area contributed by atoms with Crippen molar-refractivity contribution in [1.29, 1.82) is 0 Å². The van der Waals surface area contributed by atoms with Gasteiger partial charge in [0.1, 0.15) is 0 Å². The Balaban J connectivity index is 1.84. The Morgan fingerprint density at radius 3 is 3.10 bits per heavy atom. The number of nitrogens with one attached hydrogen (secondary N) is 1. The van der Waals surface area contributed by atoms with Gasteiger partial charge in [0.05, 0.1) is 5.69 Å². The second kappa shape index (κ2) is 7.96. The third-order valence-corrected chi connectivity index (χ3v) is 4.99. The van der Waals surface area contributed by atoms with Gasteiger partial charge in [0, 0.05) is 31.6 Å². The normalized spacial score (nSPS) is 19.6. The van der Waals surface area contributed by atoms with Crippen molar-refractivity contribution in [3.8, 4) is 0 Å². The van der Waals surface area contributed by atoms with Gasteiger partial charge in [-0.15, -0.1) is 11.3 Å². The van der Waals surface area contributed by atoms with Crippen molar-refractivity contribution in [3.63, 3.8) is 0 Å². The number of anilines is 1. The first-order valence-corrected chi connectivity index (χ1v) is 8.72. The van der Waals surface area contributed by atoms with Gasteiger partial charge in [-0.05, 0) is 38.9 Å². The number of likely N-dealkylation sites (N-methyl/N-ethyl adjacent to an activating group) is 2. The van der Waals surface area contributed by atoms with E-state index < -0.39 is 0 Å². The van der Waals surface area contributed by atoms with Gasteiger partial charge in [-0.2, -0.15) is 0 Å². The molecule has 20 heavy (non-hydrogen) atoms. The minimum absolute atomic E-state index is 0.704. The van der Waals surface area contributed by atoms with Crippen molar-refractivity contribution in [3.05, 3.63) is 11.1 Å². The summed E-state index contributed by atoms with van der Waals surface area (Å²) in [6.45, 7) is 9.94. The highest BCUT2D eigenvalue weighted by Gasteiger charge is 2.24. The second-order valence-electron chi connectivity index (χ2n) is 5.60. The largest absolute Gasteiger partial charge is 0.350 e. The summed E-state index contributed by atoms with van der Waals surface area (Å²) in [5.74, 6) is 0. The van der Waals surface area contributed by atoms with Gasteiger partial charge in [0.15, 0.2) is 5.13 Å². The van der Waals surface area contributed by atoms with E-state index in [1.54, 1.807) is 11.3 Å². The van der Waals surface area contributed by atoms with Crippen LogP contribution < -0.4 is 10.2 Å². The van der Waals surface area contributed by atoms with Crippen molar-refractivity contribution in [2.45, 2.75) is 45.7 Å². The highest BCUT2D eigenvalue weighted by Crippen LogP contribution is 2.23. The number of hydrogen-bond acceptors (Lipinski definition) is 5. The maximum Gasteiger partial charge on any atom is 0.185 e. The molecule has 1 aliphatic rings. The highest BCUT2D eigenvalue weighted by atomic mass is 32.1. The maximum absolute atomic E-state index is 4.74. The van der Waals surface area contributed by atoms with Gasteiger partial charge in [-0.3, -0.25) is 4.90 Å². The fourth-order valence-corrected chi connectivity index (χ4v) is 3.66. The molecule has 0 aromatic carbocycles. The Labute approximate surface area is 127 Å². The van der Waals surface area contributed by atoms with E-state index >= 15 is 0 Å². The predicted molar refractivity (Wildman–Crippen MR) is 87.7 cm³/mol. The van der Waals surface area contributed by atoms with Crippen LogP contribution in [0.5, 0.6) is 0 Å². The lowest BCUT2D eigenvalue weighted by Crippen LogP contribution is -2.38. The van der Waals surface area contributed by atoms with Crippen LogP contribution in [-0.4, -0.2) is 49.2 Å². The molecule has 2 heterocycles. The van der Waals surface area contributed by atoms with Gasteiger partial charge in [0.25, 0.3) is 0 Å². The first kappa shape index (κ1) is 15.7. The molecule has 1 saturated heterocycles. The molecule has 1 aromatic rings. The van der Waals surface area contributed by atoms with Crippen LogP contribution in [0.4, 0.5) is 5.13 Å². The molecule has 1 unspecified atom stereocenters. The summed E-state index contributed by atoms with van der Waals surface area (Å²) in [7, 11) is 2.17. The van der Waals surface area contributed by atoms with Gasteiger partial charge >= 0.3 is 0 Å². The minimum Gasteiger partial charge on any atom is -0.350 e. The molecule has 4 nitrogen and oxygen atoms in total. The SMILES string of the molecule is CCCNCc1csc(N(C)CC2CCCN2CC)n1. The van der Waals surface area contributed by atoms with Gasteiger partial charge in [-0.25, -0.2) is 4.98 Å². The predicted octanol–water partition coefficient (Wildman–Crippen LogP) is 2.56. The van der Waals surface area contributed by atoms with E-state index in [0.29, 0.717) is 6.04 Å². The minimum atomic E-state index is 0.704. The quantitative estimate of drug-likeness (QED) is 0.747. The van der Waals surface area contributed by atoms with Crippen LogP contribution in [0.2, 0.25) is 0 Å². The Hall–Kier alpha value is -0.650. The van der Waals surface area contributed by atoms with E-state index in [9.17, 15) is 0 Å². The van der Waals surface area contributed by atoms with Crippen LogP contribution in [0.25, 0.3) is 0 Å². The molecule has 0 amide bonds. The molecule has 0 radical (unpaired) electrons. The zero-order valence-corrected chi connectivity index (χ0v) is 13.9. The first-order chi connectivity index (χ1) is 9.74. The zero-order valence-electron chi connectivity index (χ0n) is 13.1. The molecule has 1 fully saturated rings. The molecule has 1 N–H and O–H groups in total. The van der Waals surface area contributed by atoms with E-state index in [4.69, 9.17) is 4.98 Å². The van der Waals surface area contributed by atoms with Gasteiger partial charge in [0.2, 0.25) is 0 Å². The summed E-state index contributed by atoms with van der Waals surface area (Å²) < 4.78 is 0. The summed E-state index contributed by atoms with van der Waals surface area (Å²) in [4.78, 5) is 9.66. The van der Waals surface area contributed by atoms with E-state index in [2.05, 4.69) is 41.4 Å². The monoisotopic (exact) mass is 296 g/mol. The van der Waals surface area contributed by atoms with Gasteiger partial charge < -0.3 is 10.2 Å². The molecule has 1 aromatic heterocycles. The lowest BCUT2D eigenvalue weighted by atomic mass is 10.2. The summed E-state index contributed by atoms with van der Waals surface area (Å²) >= 11 is 1.76. The Bertz CT molecular complexity index is 393. The van der Waals surface area contributed by atoms with Crippen molar-refractivity contribution in [1.82, 2.24) is 15.2 Å². The molecule has 1 aliphatic heterocycles. The van der Waals surface area contributed by atoms with Gasteiger partial charge in [-0.1, -0.05) is 13.8 Å². The Morgan fingerprint density at radius 1 is 1.50 bits per heavy atom. The lowest BCUT2D eigenvalue weighted by molar-refractivity contribution is 0.270. The molecular formula is C15H28N4S. The molecule has 114 valence electrons. The van der Waals surface area contributed by atoms with E-state index in [-0.39, 0.29) is 0 Å². The molecular weight excluding hydrogens is 268 g/mol. The number of aromatic nitrogens is 1. The first-order valence-electron chi connectivity index (χ1n) is 7.84. The van der Waals surface area contributed by atoms with Crippen molar-refractivity contribution in [2.24, 2.45) is 0 Å². The molecule has 0 spiro atoms. The number of likely N-dealkylation sites (tertiary alicyclic amines) is 1. The fraction of sp³-hybridized carbons (Fsp3) is 0.800. The number of rotatable bonds is 8. The molecule has 5 heteroatoms. The van der Waals surface area contributed by atoms with Crippen molar-refractivity contribution >= 4 is 16.5 Å². The third-order valence-electron chi connectivity index (χ3n) is 3.99. The van der Waals surface area contributed by atoms with Crippen molar-refractivity contribution in [2.75, 3.05) is 38.1 Å². The summed E-state index contributed by atoms with van der Waals surface area (Å²) in [6, 6.07) is 0.704. The molecule has 0 bridgehead atoms. The zero-order chi connectivity index (χ0) is 14.4. The maximum atomic E-state index is 4.74. The smallest absolute Gasteiger partial charge is 0.185 e. The highest BCUT2D eigenvalue weighted by molar-refractivity contribution is 7.13. The Kier molecular flexibility index (Phi) is 6.26. The molecule has 1 atom stereocenters. The average Bonchev–Trinajstić information content (AvgIpc) is 3.08. The summed E-state index contributed by atoms with van der Waals surface area (Å²) in [6.07, 6.45) is 3.84. The van der Waals surface area contributed by atoms with Crippen LogP contribution in [0.3, 0.4) is 0 Å². The lowest BCUT2D eigenvalue weighted by Gasteiger charge is -2.27. The third kappa shape index (κ3) is 4.17. The van der Waals surface area contributed by atoms with Crippen LogP contribution in [-0.2, 0) is 6.54 Å². The van der Waals surface area contributed by atoms with Crippen LogP contribution in [0.1, 0.15) is 38.8 Å². The standard InChI is InChI=1S/C15H28N4S/c1-4-8-16-10-13-12-20-15(17-13)18(3)11-14-7-6-9-19(14)5-2/h12,14,16H,4-11H2,1-3H3. The topological polar surface area (TPSA) is 31.4 Å². The van der Waals surface area contributed by atoms with E-state index in [0.717, 1.165) is 24.8 Å². The van der Waals surface area contributed by atoms with Crippen LogP contribution in [0.15, 0.2) is 5.38 Å². The number of nitrogens with zero attached hydrogens (tertiary/aromatic N) is 3. The van der Waals surface area contributed by atoms with Crippen LogP contribution >= 0.6 is 11.3 Å². The van der Waals surface area contributed by atoms with Crippen LogP contribution in [0, 0.1) is 0 Å². The second-order valence-corrected chi connectivity index (χ2v) is 6.44. The molecule has 0 aliphatic carbocycles. The van der Waals surface area contributed by atoms with Crippen molar-refractivity contribution < 1.29 is 0 Å². The summed E-state index contributed by atoms with van der Waals surface area (Å²) in [5.41, 5.74) is 1.17. The number of thiazole rings is 1. The molecule has 0 saturated carbocycles. The molecule has 2 rings (SSSR count). The van der Waals surface area contributed by atoms with E-state index in [1.165, 1.54) is 38.0 Å². The average molecular weight is 296 g/mol. The van der Waals surface area contributed by atoms with E-state index in [1.807, 2.05) is 0 Å². The Morgan fingerprint density at radius 2 is 2.35 bits per heavy atom. The fourth-order valence-electron chi connectivity index (χ4n) is 2.86. The number of hydrogen-bond donors (Lipinski definition) is 1.